The minimum atomic E-state index is 0.205. The highest BCUT2D eigenvalue weighted by Gasteiger charge is 2.59. The number of guanidine groups is 1. The number of nitrogens with one attached hydrogen (secondary N) is 2. The molecule has 2 N–H and O–H groups in total. The average Bonchev–Trinajstić information content (AvgIpc) is 2.88. The lowest BCUT2D eigenvalue weighted by Gasteiger charge is -2.54. The number of aliphatic imine (C=N–C) groups is 1. The molecule has 1 saturated heterocycles. The van der Waals surface area contributed by atoms with Gasteiger partial charge in [-0.2, -0.15) is 0 Å². The molecular formula is C17H33N3O. The molecule has 0 amide bonds. The van der Waals surface area contributed by atoms with E-state index < -0.39 is 0 Å². The molecule has 0 aromatic carbocycles. The Morgan fingerprint density at radius 2 is 2.10 bits per heavy atom. The van der Waals surface area contributed by atoms with Gasteiger partial charge in [0.1, 0.15) is 0 Å². The molecule has 3 atom stereocenters. The van der Waals surface area contributed by atoms with Gasteiger partial charge in [-0.15, -0.1) is 0 Å². The summed E-state index contributed by atoms with van der Waals surface area (Å²) in [6, 6.07) is 0.479. The first-order chi connectivity index (χ1) is 9.96. The second kappa shape index (κ2) is 6.99. The van der Waals surface area contributed by atoms with Gasteiger partial charge in [-0.1, -0.05) is 40.5 Å². The number of nitrogens with zero attached hydrogens (tertiary/aromatic N) is 1. The molecule has 2 rings (SSSR count). The Morgan fingerprint density at radius 1 is 1.33 bits per heavy atom. The zero-order valence-electron chi connectivity index (χ0n) is 14.4. The number of hydrogen-bond acceptors (Lipinski definition) is 2. The van der Waals surface area contributed by atoms with Gasteiger partial charge in [-0.3, -0.25) is 4.99 Å². The van der Waals surface area contributed by atoms with Crippen LogP contribution >= 0.6 is 0 Å². The summed E-state index contributed by atoms with van der Waals surface area (Å²) in [5.41, 5.74) is 0.205. The summed E-state index contributed by atoms with van der Waals surface area (Å²) in [5, 5.41) is 7.08. The number of ether oxygens (including phenoxy) is 1. The van der Waals surface area contributed by atoms with Crippen LogP contribution in [0.1, 0.15) is 53.4 Å². The zero-order chi connectivity index (χ0) is 15.5. The molecule has 1 saturated carbocycles. The van der Waals surface area contributed by atoms with Gasteiger partial charge in [-0.05, 0) is 18.8 Å². The third-order valence-corrected chi connectivity index (χ3v) is 5.12. The average molecular weight is 295 g/mol. The number of unbranched alkanes of at least 4 members (excludes halogenated alkanes) is 1. The summed E-state index contributed by atoms with van der Waals surface area (Å²) in [7, 11) is 1.86. The lowest BCUT2D eigenvalue weighted by Crippen LogP contribution is -2.67. The van der Waals surface area contributed by atoms with Crippen LogP contribution in [0.3, 0.4) is 0 Å². The SMILES string of the molecule is CN=C(NCCCCC(C)C)NC1C2CCOC2C1(C)C. The third kappa shape index (κ3) is 3.71. The van der Waals surface area contributed by atoms with Crippen molar-refractivity contribution >= 4 is 5.96 Å². The smallest absolute Gasteiger partial charge is 0.191 e. The van der Waals surface area contributed by atoms with Crippen LogP contribution in [0.2, 0.25) is 0 Å². The van der Waals surface area contributed by atoms with Crippen LogP contribution in [0.25, 0.3) is 0 Å². The summed E-state index contributed by atoms with van der Waals surface area (Å²) in [6.07, 6.45) is 5.41. The molecule has 2 aliphatic rings. The van der Waals surface area contributed by atoms with Gasteiger partial charge in [0.2, 0.25) is 0 Å². The predicted octanol–water partition coefficient (Wildman–Crippen LogP) is 2.79. The molecule has 1 aliphatic carbocycles. The third-order valence-electron chi connectivity index (χ3n) is 5.12. The van der Waals surface area contributed by atoms with Crippen LogP contribution < -0.4 is 10.6 Å². The summed E-state index contributed by atoms with van der Waals surface area (Å²) in [5.74, 6) is 2.40. The molecule has 0 bridgehead atoms. The summed E-state index contributed by atoms with van der Waals surface area (Å²) in [6.45, 7) is 11.1. The first-order valence-electron chi connectivity index (χ1n) is 8.55. The fourth-order valence-corrected chi connectivity index (χ4v) is 3.84. The normalized spacial score (nSPS) is 31.0. The quantitative estimate of drug-likeness (QED) is 0.450. The fraction of sp³-hybridized carbons (Fsp3) is 0.941. The molecule has 4 nitrogen and oxygen atoms in total. The van der Waals surface area contributed by atoms with Gasteiger partial charge >= 0.3 is 0 Å². The highest BCUT2D eigenvalue weighted by molar-refractivity contribution is 5.80. The van der Waals surface area contributed by atoms with Crippen molar-refractivity contribution in [2.75, 3.05) is 20.2 Å². The monoisotopic (exact) mass is 295 g/mol. The van der Waals surface area contributed by atoms with Crippen LogP contribution in [-0.4, -0.2) is 38.3 Å². The van der Waals surface area contributed by atoms with Crippen molar-refractivity contribution < 1.29 is 4.74 Å². The molecule has 21 heavy (non-hydrogen) atoms. The van der Waals surface area contributed by atoms with E-state index in [1.165, 1.54) is 25.7 Å². The second-order valence-corrected chi connectivity index (χ2v) is 7.58. The van der Waals surface area contributed by atoms with Crippen molar-refractivity contribution in [2.24, 2.45) is 22.2 Å². The van der Waals surface area contributed by atoms with Gasteiger partial charge in [0.05, 0.1) is 6.10 Å². The van der Waals surface area contributed by atoms with Gasteiger partial charge < -0.3 is 15.4 Å². The first kappa shape index (κ1) is 16.6. The minimum absolute atomic E-state index is 0.205. The van der Waals surface area contributed by atoms with Crippen molar-refractivity contribution in [3.05, 3.63) is 0 Å². The molecule has 3 unspecified atom stereocenters. The maximum absolute atomic E-state index is 5.85. The predicted molar refractivity (Wildman–Crippen MR) is 88.6 cm³/mol. The molecule has 4 heteroatoms. The van der Waals surface area contributed by atoms with E-state index >= 15 is 0 Å². The molecule has 0 spiro atoms. The highest BCUT2D eigenvalue weighted by Crippen LogP contribution is 2.51. The van der Waals surface area contributed by atoms with E-state index in [4.69, 9.17) is 4.74 Å². The Balaban J connectivity index is 1.73. The van der Waals surface area contributed by atoms with E-state index in [1.807, 2.05) is 7.05 Å². The van der Waals surface area contributed by atoms with E-state index in [0.717, 1.165) is 25.0 Å². The maximum Gasteiger partial charge on any atom is 0.191 e. The van der Waals surface area contributed by atoms with E-state index in [1.54, 1.807) is 0 Å². The van der Waals surface area contributed by atoms with Crippen molar-refractivity contribution in [1.82, 2.24) is 10.6 Å². The lowest BCUT2D eigenvalue weighted by molar-refractivity contribution is -0.106. The molecule has 122 valence electrons. The van der Waals surface area contributed by atoms with E-state index in [9.17, 15) is 0 Å². The summed E-state index contributed by atoms with van der Waals surface area (Å²) in [4.78, 5) is 4.38. The molecule has 0 aromatic heterocycles. The van der Waals surface area contributed by atoms with E-state index in [2.05, 4.69) is 43.3 Å². The Labute approximate surface area is 130 Å². The maximum atomic E-state index is 5.85. The Hall–Kier alpha value is -0.770. The van der Waals surface area contributed by atoms with Crippen LogP contribution in [-0.2, 0) is 4.74 Å². The number of fused-ring (bicyclic) bond motifs is 1. The largest absolute Gasteiger partial charge is 0.377 e. The van der Waals surface area contributed by atoms with E-state index in [-0.39, 0.29) is 5.41 Å². The van der Waals surface area contributed by atoms with Crippen molar-refractivity contribution in [3.63, 3.8) is 0 Å². The second-order valence-electron chi connectivity index (χ2n) is 7.58. The standard InChI is InChI=1S/C17H33N3O/c1-12(2)8-6-7-10-19-16(18-5)20-14-13-9-11-21-15(13)17(14,3)4/h12-15H,6-11H2,1-5H3,(H2,18,19,20). The Kier molecular flexibility index (Phi) is 5.53. The Morgan fingerprint density at radius 3 is 2.76 bits per heavy atom. The van der Waals surface area contributed by atoms with Crippen LogP contribution in [0.15, 0.2) is 4.99 Å². The summed E-state index contributed by atoms with van der Waals surface area (Å²) < 4.78 is 5.85. The van der Waals surface area contributed by atoms with Gasteiger partial charge in [0, 0.05) is 37.6 Å². The zero-order valence-corrected chi connectivity index (χ0v) is 14.4. The minimum Gasteiger partial charge on any atom is -0.377 e. The van der Waals surface area contributed by atoms with Gasteiger partial charge in [0.15, 0.2) is 5.96 Å². The van der Waals surface area contributed by atoms with Crippen LogP contribution in [0, 0.1) is 17.3 Å². The van der Waals surface area contributed by atoms with Gasteiger partial charge in [-0.25, -0.2) is 0 Å². The molecule has 1 aliphatic heterocycles. The number of hydrogen-bond donors (Lipinski definition) is 2. The summed E-state index contributed by atoms with van der Waals surface area (Å²) >= 11 is 0. The Bertz CT molecular complexity index is 365. The van der Waals surface area contributed by atoms with Crippen molar-refractivity contribution in [2.45, 2.75) is 65.5 Å². The van der Waals surface area contributed by atoms with Crippen molar-refractivity contribution in [3.8, 4) is 0 Å². The topological polar surface area (TPSA) is 45.7 Å². The highest BCUT2D eigenvalue weighted by atomic mass is 16.5. The van der Waals surface area contributed by atoms with Crippen LogP contribution in [0.4, 0.5) is 0 Å². The molecule has 0 aromatic rings. The lowest BCUT2D eigenvalue weighted by atomic mass is 9.57. The number of rotatable bonds is 6. The molecule has 2 fully saturated rings. The van der Waals surface area contributed by atoms with Gasteiger partial charge in [0.25, 0.3) is 0 Å². The fourth-order valence-electron chi connectivity index (χ4n) is 3.84. The molecular weight excluding hydrogens is 262 g/mol. The first-order valence-corrected chi connectivity index (χ1v) is 8.55. The van der Waals surface area contributed by atoms with Crippen molar-refractivity contribution in [1.29, 1.82) is 0 Å². The van der Waals surface area contributed by atoms with Crippen LogP contribution in [0.5, 0.6) is 0 Å². The molecule has 1 heterocycles. The van der Waals surface area contributed by atoms with E-state index in [0.29, 0.717) is 18.1 Å². The molecule has 0 radical (unpaired) electrons.